The fourth-order valence-corrected chi connectivity index (χ4v) is 2.20. The van der Waals surface area contributed by atoms with Crippen LogP contribution < -0.4 is 5.32 Å². The van der Waals surface area contributed by atoms with E-state index in [1.54, 1.807) is 23.9 Å². The normalized spacial score (nSPS) is 10.1. The van der Waals surface area contributed by atoms with E-state index in [1.165, 1.54) is 12.1 Å². The van der Waals surface area contributed by atoms with Gasteiger partial charge in [-0.3, -0.25) is 14.9 Å². The van der Waals surface area contributed by atoms with E-state index in [4.69, 9.17) is 0 Å². The van der Waals surface area contributed by atoms with Gasteiger partial charge in [0.25, 0.3) is 5.69 Å². The minimum absolute atomic E-state index is 0.0218. The molecule has 98 valence electrons. The maximum Gasteiger partial charge on any atom is 0.271 e. The van der Waals surface area contributed by atoms with E-state index in [9.17, 15) is 14.9 Å². The van der Waals surface area contributed by atoms with Gasteiger partial charge in [0, 0.05) is 17.8 Å². The standard InChI is InChI=1S/C12H16N2O3S/c1-2-3-7-18-9-12(15)13-10-5-4-6-11(8-10)14(16)17/h4-6,8H,2-3,7,9H2,1H3,(H,13,15). The Morgan fingerprint density at radius 1 is 1.50 bits per heavy atom. The second-order valence-corrected chi connectivity index (χ2v) is 4.87. The topological polar surface area (TPSA) is 72.2 Å². The van der Waals surface area contributed by atoms with Crippen molar-refractivity contribution in [1.29, 1.82) is 0 Å². The first-order valence-electron chi connectivity index (χ1n) is 5.75. The van der Waals surface area contributed by atoms with E-state index in [0.717, 1.165) is 18.6 Å². The average Bonchev–Trinajstić information content (AvgIpc) is 2.35. The van der Waals surface area contributed by atoms with Crippen LogP contribution in [0, 0.1) is 10.1 Å². The highest BCUT2D eigenvalue weighted by atomic mass is 32.2. The number of nitrogens with one attached hydrogen (secondary N) is 1. The number of rotatable bonds is 7. The third kappa shape index (κ3) is 5.18. The fourth-order valence-electron chi connectivity index (χ4n) is 1.31. The van der Waals surface area contributed by atoms with Gasteiger partial charge >= 0.3 is 0 Å². The second-order valence-electron chi connectivity index (χ2n) is 3.76. The number of nitro groups is 1. The van der Waals surface area contributed by atoms with E-state index in [0.29, 0.717) is 11.4 Å². The van der Waals surface area contributed by atoms with Crippen molar-refractivity contribution < 1.29 is 9.72 Å². The van der Waals surface area contributed by atoms with Crippen molar-refractivity contribution in [3.63, 3.8) is 0 Å². The summed E-state index contributed by atoms with van der Waals surface area (Å²) in [4.78, 5) is 21.6. The third-order valence-electron chi connectivity index (χ3n) is 2.22. The zero-order valence-electron chi connectivity index (χ0n) is 10.2. The molecule has 0 aliphatic heterocycles. The molecule has 5 nitrogen and oxygen atoms in total. The summed E-state index contributed by atoms with van der Waals surface area (Å²) in [5, 5.41) is 13.2. The van der Waals surface area contributed by atoms with Crippen molar-refractivity contribution in [3.05, 3.63) is 34.4 Å². The van der Waals surface area contributed by atoms with Crippen LogP contribution in [0.3, 0.4) is 0 Å². The molecule has 0 spiro atoms. The second kappa shape index (κ2) is 7.71. The molecule has 0 unspecified atom stereocenters. The summed E-state index contributed by atoms with van der Waals surface area (Å²) in [6, 6.07) is 5.94. The maximum atomic E-state index is 11.6. The lowest BCUT2D eigenvalue weighted by Crippen LogP contribution is -2.14. The van der Waals surface area contributed by atoms with Gasteiger partial charge in [0.1, 0.15) is 0 Å². The summed E-state index contributed by atoms with van der Waals surface area (Å²) in [5.74, 6) is 1.21. The molecule has 0 atom stereocenters. The zero-order valence-corrected chi connectivity index (χ0v) is 11.0. The molecule has 6 heteroatoms. The highest BCUT2D eigenvalue weighted by Gasteiger charge is 2.07. The Bertz CT molecular complexity index is 424. The van der Waals surface area contributed by atoms with E-state index in [1.807, 2.05) is 0 Å². The Kier molecular flexibility index (Phi) is 6.21. The van der Waals surface area contributed by atoms with Crippen molar-refractivity contribution >= 4 is 29.0 Å². The Balaban J connectivity index is 2.44. The molecule has 0 saturated carbocycles. The number of nitrogens with zero attached hydrogens (tertiary/aromatic N) is 1. The van der Waals surface area contributed by atoms with Gasteiger partial charge in [-0.05, 0) is 18.2 Å². The molecule has 0 aliphatic carbocycles. The Hall–Kier alpha value is -1.56. The molecule has 0 fully saturated rings. The minimum Gasteiger partial charge on any atom is -0.325 e. The number of amides is 1. The predicted molar refractivity (Wildman–Crippen MR) is 74.0 cm³/mol. The van der Waals surface area contributed by atoms with Gasteiger partial charge in [-0.2, -0.15) is 11.8 Å². The Morgan fingerprint density at radius 2 is 2.28 bits per heavy atom. The lowest BCUT2D eigenvalue weighted by Gasteiger charge is -2.04. The van der Waals surface area contributed by atoms with Crippen LogP contribution in [-0.2, 0) is 4.79 Å². The predicted octanol–water partition coefficient (Wildman–Crippen LogP) is 3.07. The van der Waals surface area contributed by atoms with Gasteiger partial charge < -0.3 is 5.32 Å². The monoisotopic (exact) mass is 268 g/mol. The molecule has 18 heavy (non-hydrogen) atoms. The van der Waals surface area contributed by atoms with E-state index >= 15 is 0 Å². The number of non-ortho nitro benzene ring substituents is 1. The highest BCUT2D eigenvalue weighted by Crippen LogP contribution is 2.17. The molecular weight excluding hydrogens is 252 g/mol. The number of anilines is 1. The van der Waals surface area contributed by atoms with Crippen LogP contribution in [0.2, 0.25) is 0 Å². The number of unbranched alkanes of at least 4 members (excludes halogenated alkanes) is 1. The smallest absolute Gasteiger partial charge is 0.271 e. The molecular formula is C12H16N2O3S. The third-order valence-corrected chi connectivity index (χ3v) is 3.26. The fraction of sp³-hybridized carbons (Fsp3) is 0.417. The van der Waals surface area contributed by atoms with Gasteiger partial charge in [-0.1, -0.05) is 19.4 Å². The van der Waals surface area contributed by atoms with Crippen LogP contribution in [0.15, 0.2) is 24.3 Å². The molecule has 1 rings (SSSR count). The quantitative estimate of drug-likeness (QED) is 0.468. The van der Waals surface area contributed by atoms with Crippen molar-refractivity contribution in [1.82, 2.24) is 0 Å². The van der Waals surface area contributed by atoms with Crippen LogP contribution in [0.1, 0.15) is 19.8 Å². The largest absolute Gasteiger partial charge is 0.325 e. The van der Waals surface area contributed by atoms with Crippen LogP contribution in [0.5, 0.6) is 0 Å². The van der Waals surface area contributed by atoms with Gasteiger partial charge in [-0.25, -0.2) is 0 Å². The average molecular weight is 268 g/mol. The summed E-state index contributed by atoms with van der Waals surface area (Å²) in [6.07, 6.45) is 2.20. The first kappa shape index (κ1) is 14.5. The zero-order chi connectivity index (χ0) is 13.4. The summed E-state index contributed by atoms with van der Waals surface area (Å²) in [5.41, 5.74) is 0.441. The van der Waals surface area contributed by atoms with Crippen LogP contribution in [-0.4, -0.2) is 22.3 Å². The number of benzene rings is 1. The van der Waals surface area contributed by atoms with Crippen molar-refractivity contribution in [2.75, 3.05) is 16.8 Å². The van der Waals surface area contributed by atoms with Gasteiger partial charge in [0.05, 0.1) is 10.7 Å². The number of thioether (sulfide) groups is 1. The molecule has 0 saturated heterocycles. The van der Waals surface area contributed by atoms with Gasteiger partial charge in [-0.15, -0.1) is 0 Å². The van der Waals surface area contributed by atoms with Crippen molar-refractivity contribution in [3.8, 4) is 0 Å². The lowest BCUT2D eigenvalue weighted by molar-refractivity contribution is -0.384. The molecule has 1 amide bonds. The Morgan fingerprint density at radius 3 is 2.94 bits per heavy atom. The number of nitro benzene ring substituents is 1. The maximum absolute atomic E-state index is 11.6. The molecule has 1 aromatic rings. The first-order chi connectivity index (χ1) is 8.63. The summed E-state index contributed by atoms with van der Waals surface area (Å²) >= 11 is 1.57. The number of carbonyl (C=O) groups excluding carboxylic acids is 1. The van der Waals surface area contributed by atoms with E-state index in [2.05, 4.69) is 12.2 Å². The molecule has 1 aromatic carbocycles. The summed E-state index contributed by atoms with van der Waals surface area (Å²) in [6.45, 7) is 2.10. The summed E-state index contributed by atoms with van der Waals surface area (Å²) < 4.78 is 0. The van der Waals surface area contributed by atoms with Gasteiger partial charge in [0.2, 0.25) is 5.91 Å². The molecule has 0 bridgehead atoms. The Labute approximate surface area is 110 Å². The van der Waals surface area contributed by atoms with Crippen LogP contribution in [0.4, 0.5) is 11.4 Å². The number of hydrogen-bond donors (Lipinski definition) is 1. The van der Waals surface area contributed by atoms with Crippen molar-refractivity contribution in [2.24, 2.45) is 0 Å². The van der Waals surface area contributed by atoms with E-state index < -0.39 is 4.92 Å². The van der Waals surface area contributed by atoms with Crippen LogP contribution in [0.25, 0.3) is 0 Å². The molecule has 0 aliphatic rings. The van der Waals surface area contributed by atoms with E-state index in [-0.39, 0.29) is 11.6 Å². The minimum atomic E-state index is -0.481. The van der Waals surface area contributed by atoms with Crippen molar-refractivity contribution in [2.45, 2.75) is 19.8 Å². The highest BCUT2D eigenvalue weighted by molar-refractivity contribution is 7.99. The van der Waals surface area contributed by atoms with Crippen LogP contribution >= 0.6 is 11.8 Å². The molecule has 0 radical (unpaired) electrons. The number of hydrogen-bond acceptors (Lipinski definition) is 4. The molecule has 0 aromatic heterocycles. The lowest BCUT2D eigenvalue weighted by atomic mass is 10.3. The SMILES string of the molecule is CCCCSCC(=O)Nc1cccc([N+](=O)[O-])c1. The first-order valence-corrected chi connectivity index (χ1v) is 6.91. The molecule has 0 heterocycles. The number of carbonyl (C=O) groups is 1. The summed E-state index contributed by atoms with van der Waals surface area (Å²) in [7, 11) is 0. The molecule has 1 N–H and O–H groups in total. The van der Waals surface area contributed by atoms with Gasteiger partial charge in [0.15, 0.2) is 0 Å².